The number of ether oxygens (including phenoxy) is 1. The number of aliphatic hydroxyl groups is 1. The maximum Gasteiger partial charge on any atom is 0.367 e. The van der Waals surface area contributed by atoms with Crippen LogP contribution in [0, 0.1) is 0 Å². The van der Waals surface area contributed by atoms with Crippen LogP contribution in [0.2, 0.25) is 0 Å². The molecule has 0 radical (unpaired) electrons. The number of benzene rings is 1. The molecule has 76 valence electrons. The van der Waals surface area contributed by atoms with E-state index in [0.29, 0.717) is 0 Å². The van der Waals surface area contributed by atoms with Crippen molar-refractivity contribution in [3.63, 3.8) is 0 Å². The fourth-order valence-electron chi connectivity index (χ4n) is 0.921. The lowest BCUT2D eigenvalue weighted by Crippen LogP contribution is -2.67. The average Bonchev–Trinajstić information content (AvgIpc) is 2.26. The van der Waals surface area contributed by atoms with E-state index in [1.165, 1.54) is 0 Å². The van der Waals surface area contributed by atoms with Crippen LogP contribution >= 0.6 is 0 Å². The Kier molecular flexibility index (Phi) is 4.10. The van der Waals surface area contributed by atoms with Crippen LogP contribution in [0.15, 0.2) is 30.3 Å². The fraction of sp³-hybridized carbons (Fsp3) is 0.300. The molecule has 1 aromatic carbocycles. The molecule has 1 unspecified atom stereocenters. The predicted octanol–water partition coefficient (Wildman–Crippen LogP) is -0.667. The molecule has 0 aliphatic carbocycles. The molecule has 0 amide bonds. The Morgan fingerprint density at radius 3 is 2.64 bits per heavy atom. The molecule has 1 rings (SSSR count). The predicted molar refractivity (Wildman–Crippen MR) is 50.0 cm³/mol. The van der Waals surface area contributed by atoms with Gasteiger partial charge in [0.1, 0.15) is 13.2 Å². The van der Waals surface area contributed by atoms with Gasteiger partial charge < -0.3 is 15.6 Å². The number of hydrogen-bond donors (Lipinski definition) is 2. The van der Waals surface area contributed by atoms with E-state index in [1.807, 2.05) is 30.3 Å². The fourth-order valence-corrected chi connectivity index (χ4v) is 0.921. The van der Waals surface area contributed by atoms with E-state index >= 15 is 0 Å². The topological polar surface area (TPSA) is 74.2 Å². The van der Waals surface area contributed by atoms with Crippen molar-refractivity contribution in [3.8, 4) is 0 Å². The van der Waals surface area contributed by atoms with E-state index in [4.69, 9.17) is 9.84 Å². The maximum absolute atomic E-state index is 11.1. The van der Waals surface area contributed by atoms with Gasteiger partial charge in [-0.3, -0.25) is 0 Å². The molecule has 1 aromatic rings. The zero-order valence-corrected chi connectivity index (χ0v) is 7.85. The second kappa shape index (κ2) is 5.36. The van der Waals surface area contributed by atoms with Crippen molar-refractivity contribution in [1.82, 2.24) is 0 Å². The van der Waals surface area contributed by atoms with E-state index in [0.717, 1.165) is 5.56 Å². The summed E-state index contributed by atoms with van der Waals surface area (Å²) in [7, 11) is 0. The van der Waals surface area contributed by atoms with Gasteiger partial charge in [0.25, 0.3) is 0 Å². The number of quaternary nitrogens is 1. The lowest BCUT2D eigenvalue weighted by atomic mass is 10.2. The summed E-state index contributed by atoms with van der Waals surface area (Å²) in [5.74, 6) is -0.476. The first-order chi connectivity index (χ1) is 6.74. The first-order valence-corrected chi connectivity index (χ1v) is 4.38. The smallest absolute Gasteiger partial charge is 0.367 e. The van der Waals surface area contributed by atoms with Crippen LogP contribution in [0.1, 0.15) is 5.56 Å². The van der Waals surface area contributed by atoms with E-state index in [2.05, 4.69) is 5.73 Å². The van der Waals surface area contributed by atoms with Crippen LogP contribution in [0.4, 0.5) is 0 Å². The largest absolute Gasteiger partial charge is 0.456 e. The van der Waals surface area contributed by atoms with Gasteiger partial charge in [-0.25, -0.2) is 4.79 Å². The molecule has 0 saturated carbocycles. The Hall–Kier alpha value is -1.39. The molecule has 14 heavy (non-hydrogen) atoms. The molecule has 0 aliphatic heterocycles. The molecule has 0 saturated heterocycles. The number of carbonyl (C=O) groups is 1. The van der Waals surface area contributed by atoms with Crippen molar-refractivity contribution >= 4 is 5.97 Å². The third-order valence-corrected chi connectivity index (χ3v) is 1.78. The molecule has 4 heteroatoms. The van der Waals surface area contributed by atoms with Gasteiger partial charge in [-0.15, -0.1) is 0 Å². The molecular formula is C10H14NO3+. The van der Waals surface area contributed by atoms with Gasteiger partial charge in [-0.2, -0.15) is 0 Å². The molecule has 0 aliphatic rings. The highest BCUT2D eigenvalue weighted by Crippen LogP contribution is 2.00. The van der Waals surface area contributed by atoms with Crippen molar-refractivity contribution in [3.05, 3.63) is 35.9 Å². The monoisotopic (exact) mass is 196 g/mol. The molecular weight excluding hydrogens is 182 g/mol. The third-order valence-electron chi connectivity index (χ3n) is 1.78. The van der Waals surface area contributed by atoms with Crippen LogP contribution in [0.25, 0.3) is 0 Å². The van der Waals surface area contributed by atoms with Gasteiger partial charge in [-0.1, -0.05) is 30.3 Å². The van der Waals surface area contributed by atoms with Crippen LogP contribution in [0.3, 0.4) is 0 Å². The van der Waals surface area contributed by atoms with Crippen molar-refractivity contribution in [2.45, 2.75) is 12.6 Å². The highest BCUT2D eigenvalue weighted by Gasteiger charge is 2.16. The molecule has 0 spiro atoms. The average molecular weight is 196 g/mol. The van der Waals surface area contributed by atoms with Crippen molar-refractivity contribution in [2.24, 2.45) is 0 Å². The summed E-state index contributed by atoms with van der Waals surface area (Å²) in [6.07, 6.45) is 0. The van der Waals surface area contributed by atoms with E-state index in [1.54, 1.807) is 0 Å². The van der Waals surface area contributed by atoms with Crippen LogP contribution in [-0.2, 0) is 16.1 Å². The first-order valence-electron chi connectivity index (χ1n) is 4.38. The Labute approximate surface area is 82.3 Å². The van der Waals surface area contributed by atoms with E-state index in [9.17, 15) is 4.79 Å². The summed E-state index contributed by atoms with van der Waals surface area (Å²) < 4.78 is 4.92. The lowest BCUT2D eigenvalue weighted by molar-refractivity contribution is -0.413. The normalized spacial score (nSPS) is 12.1. The Balaban J connectivity index is 2.38. The SMILES string of the molecule is [NH3+]C(CO)C(=O)OCc1ccccc1. The Morgan fingerprint density at radius 1 is 1.43 bits per heavy atom. The van der Waals surface area contributed by atoms with Gasteiger partial charge in [0.15, 0.2) is 0 Å². The minimum Gasteiger partial charge on any atom is -0.456 e. The molecule has 0 bridgehead atoms. The van der Waals surface area contributed by atoms with Gasteiger partial charge in [0.2, 0.25) is 6.04 Å². The summed E-state index contributed by atoms with van der Waals surface area (Å²) in [5.41, 5.74) is 4.37. The van der Waals surface area contributed by atoms with Gasteiger partial charge in [-0.05, 0) is 5.56 Å². The summed E-state index contributed by atoms with van der Waals surface area (Å²) in [5, 5.41) is 8.64. The van der Waals surface area contributed by atoms with Crippen molar-refractivity contribution in [1.29, 1.82) is 0 Å². The maximum atomic E-state index is 11.1. The van der Waals surface area contributed by atoms with Crippen LogP contribution in [-0.4, -0.2) is 23.7 Å². The Morgan fingerprint density at radius 2 is 2.07 bits per heavy atom. The summed E-state index contributed by atoms with van der Waals surface area (Å²) >= 11 is 0. The number of rotatable bonds is 4. The Bertz CT molecular complexity index is 287. The van der Waals surface area contributed by atoms with E-state index < -0.39 is 12.0 Å². The highest BCUT2D eigenvalue weighted by molar-refractivity contribution is 5.74. The minimum atomic E-state index is -0.696. The highest BCUT2D eigenvalue weighted by atomic mass is 16.5. The van der Waals surface area contributed by atoms with Crippen LogP contribution < -0.4 is 5.73 Å². The lowest BCUT2D eigenvalue weighted by Gasteiger charge is -2.06. The van der Waals surface area contributed by atoms with Gasteiger partial charge in [0, 0.05) is 0 Å². The molecule has 0 heterocycles. The molecule has 4 nitrogen and oxygen atoms in total. The summed E-state index contributed by atoms with van der Waals surface area (Å²) in [6.45, 7) is -0.0562. The third kappa shape index (κ3) is 3.16. The molecule has 0 fully saturated rings. The second-order valence-corrected chi connectivity index (χ2v) is 2.97. The van der Waals surface area contributed by atoms with Gasteiger partial charge >= 0.3 is 5.97 Å². The molecule has 4 N–H and O–H groups in total. The zero-order valence-electron chi connectivity index (χ0n) is 7.85. The van der Waals surface area contributed by atoms with Crippen molar-refractivity contribution in [2.75, 3.05) is 6.61 Å². The second-order valence-electron chi connectivity index (χ2n) is 2.97. The van der Waals surface area contributed by atoms with E-state index in [-0.39, 0.29) is 13.2 Å². The number of esters is 1. The van der Waals surface area contributed by atoms with Crippen LogP contribution in [0.5, 0.6) is 0 Å². The number of hydrogen-bond acceptors (Lipinski definition) is 3. The standard InChI is InChI=1S/C10H13NO3/c11-9(6-12)10(13)14-7-8-4-2-1-3-5-8/h1-5,9,12H,6-7,11H2/p+1. The summed E-state index contributed by atoms with van der Waals surface area (Å²) in [6, 6.07) is 8.67. The molecule has 1 atom stereocenters. The number of aliphatic hydroxyl groups excluding tert-OH is 1. The minimum absolute atomic E-state index is 0.228. The number of carbonyl (C=O) groups excluding carboxylic acids is 1. The van der Waals surface area contributed by atoms with Crippen molar-refractivity contribution < 1.29 is 20.4 Å². The quantitative estimate of drug-likeness (QED) is 0.627. The van der Waals surface area contributed by atoms with Gasteiger partial charge in [0.05, 0.1) is 0 Å². The first kappa shape index (κ1) is 10.7. The summed E-state index contributed by atoms with van der Waals surface area (Å²) in [4.78, 5) is 11.1. The zero-order chi connectivity index (χ0) is 10.4. The molecule has 0 aromatic heterocycles.